The van der Waals surface area contributed by atoms with Crippen molar-refractivity contribution >= 4 is 11.9 Å². The van der Waals surface area contributed by atoms with Crippen LogP contribution in [-0.2, 0) is 4.79 Å². The molecule has 2 N–H and O–H groups in total. The van der Waals surface area contributed by atoms with E-state index in [4.69, 9.17) is 5.11 Å². The Bertz CT molecular complexity index is 389. The van der Waals surface area contributed by atoms with Crippen molar-refractivity contribution in [1.29, 1.82) is 0 Å². The molecule has 1 aromatic carbocycles. The van der Waals surface area contributed by atoms with E-state index < -0.39 is 23.7 Å². The Kier molecular flexibility index (Phi) is 3.99. The van der Waals surface area contributed by atoms with Gasteiger partial charge in [0.15, 0.2) is 0 Å². The van der Waals surface area contributed by atoms with Crippen LogP contribution < -0.4 is 5.32 Å². The Balaban J connectivity index is 2.58. The molecule has 0 radical (unpaired) electrons. The van der Waals surface area contributed by atoms with Crippen LogP contribution >= 0.6 is 0 Å². The van der Waals surface area contributed by atoms with Crippen LogP contribution in [0.2, 0.25) is 0 Å². The smallest absolute Gasteiger partial charge is 0.305 e. The lowest BCUT2D eigenvalue weighted by Crippen LogP contribution is -2.34. The lowest BCUT2D eigenvalue weighted by molar-refractivity contribution is -0.137. The quantitative estimate of drug-likeness (QED) is 0.814. The van der Waals surface area contributed by atoms with Crippen LogP contribution in [0.15, 0.2) is 24.3 Å². The minimum atomic E-state index is -0.980. The first-order valence-electron chi connectivity index (χ1n) is 4.77. The SMILES string of the molecule is CC(CC(=O)O)NC(=O)c1ccc(F)cc1. The summed E-state index contributed by atoms with van der Waals surface area (Å²) in [6.45, 7) is 1.59. The van der Waals surface area contributed by atoms with Gasteiger partial charge in [0.25, 0.3) is 5.91 Å². The van der Waals surface area contributed by atoms with E-state index in [9.17, 15) is 14.0 Å². The van der Waals surface area contributed by atoms with Gasteiger partial charge in [0, 0.05) is 11.6 Å². The fourth-order valence-electron chi connectivity index (χ4n) is 1.22. The predicted molar refractivity (Wildman–Crippen MR) is 55.6 cm³/mol. The second-order valence-electron chi connectivity index (χ2n) is 3.48. The number of nitrogens with one attached hydrogen (secondary N) is 1. The van der Waals surface area contributed by atoms with Crippen LogP contribution in [0.1, 0.15) is 23.7 Å². The van der Waals surface area contributed by atoms with Gasteiger partial charge in [-0.1, -0.05) is 0 Å². The van der Waals surface area contributed by atoms with E-state index >= 15 is 0 Å². The summed E-state index contributed by atoms with van der Waals surface area (Å²) in [5.41, 5.74) is 0.304. The number of carboxylic acids is 1. The molecular weight excluding hydrogens is 213 g/mol. The molecule has 86 valence electrons. The lowest BCUT2D eigenvalue weighted by Gasteiger charge is -2.11. The summed E-state index contributed by atoms with van der Waals surface area (Å²) in [4.78, 5) is 21.9. The molecule has 1 amide bonds. The van der Waals surface area contributed by atoms with Crippen LogP contribution in [0, 0.1) is 5.82 Å². The van der Waals surface area contributed by atoms with Crippen molar-refractivity contribution in [2.75, 3.05) is 0 Å². The number of hydrogen-bond acceptors (Lipinski definition) is 2. The Labute approximate surface area is 92.1 Å². The van der Waals surface area contributed by atoms with Gasteiger partial charge in [0.05, 0.1) is 6.42 Å². The van der Waals surface area contributed by atoms with Crippen molar-refractivity contribution in [2.24, 2.45) is 0 Å². The Morgan fingerprint density at radius 2 is 1.94 bits per heavy atom. The summed E-state index contributed by atoms with van der Waals surface area (Å²) in [6.07, 6.45) is -0.146. The van der Waals surface area contributed by atoms with Crippen molar-refractivity contribution in [1.82, 2.24) is 5.32 Å². The van der Waals surface area contributed by atoms with E-state index in [2.05, 4.69) is 5.32 Å². The van der Waals surface area contributed by atoms with Gasteiger partial charge in [0.2, 0.25) is 0 Å². The number of halogens is 1. The second-order valence-corrected chi connectivity index (χ2v) is 3.48. The van der Waals surface area contributed by atoms with Gasteiger partial charge < -0.3 is 10.4 Å². The maximum absolute atomic E-state index is 12.6. The van der Waals surface area contributed by atoms with E-state index in [1.807, 2.05) is 0 Å². The first kappa shape index (κ1) is 12.2. The molecule has 4 nitrogen and oxygen atoms in total. The summed E-state index contributed by atoms with van der Waals surface area (Å²) < 4.78 is 12.6. The molecule has 1 unspecified atom stereocenters. The van der Waals surface area contributed by atoms with Crippen molar-refractivity contribution in [3.05, 3.63) is 35.6 Å². The first-order valence-corrected chi connectivity index (χ1v) is 4.77. The Morgan fingerprint density at radius 3 is 2.44 bits per heavy atom. The van der Waals surface area contributed by atoms with Crippen LogP contribution in [0.4, 0.5) is 4.39 Å². The molecule has 0 saturated carbocycles. The Morgan fingerprint density at radius 1 is 1.38 bits per heavy atom. The average molecular weight is 225 g/mol. The minimum absolute atomic E-state index is 0.146. The molecule has 0 aromatic heterocycles. The van der Waals surface area contributed by atoms with Crippen LogP contribution in [0.3, 0.4) is 0 Å². The van der Waals surface area contributed by atoms with Crippen molar-refractivity contribution in [3.63, 3.8) is 0 Å². The van der Waals surface area contributed by atoms with E-state index in [0.717, 1.165) is 0 Å². The van der Waals surface area contributed by atoms with E-state index in [-0.39, 0.29) is 6.42 Å². The number of rotatable bonds is 4. The first-order chi connectivity index (χ1) is 7.49. The summed E-state index contributed by atoms with van der Waals surface area (Å²) in [5, 5.41) is 11.0. The highest BCUT2D eigenvalue weighted by Gasteiger charge is 2.12. The highest BCUT2D eigenvalue weighted by atomic mass is 19.1. The number of carboxylic acid groups (broad SMARTS) is 1. The minimum Gasteiger partial charge on any atom is -0.481 e. The van der Waals surface area contributed by atoms with Gasteiger partial charge in [-0.15, -0.1) is 0 Å². The highest BCUT2D eigenvalue weighted by Crippen LogP contribution is 2.03. The van der Waals surface area contributed by atoms with Crippen molar-refractivity contribution < 1.29 is 19.1 Å². The summed E-state index contributed by atoms with van der Waals surface area (Å²) in [5.74, 6) is -1.81. The number of amides is 1. The third-order valence-electron chi connectivity index (χ3n) is 1.96. The van der Waals surface area contributed by atoms with E-state index in [0.29, 0.717) is 5.56 Å². The van der Waals surface area contributed by atoms with Gasteiger partial charge in [-0.3, -0.25) is 9.59 Å². The predicted octanol–water partition coefficient (Wildman–Crippen LogP) is 1.42. The molecule has 5 heteroatoms. The molecule has 0 aliphatic rings. The molecule has 16 heavy (non-hydrogen) atoms. The third kappa shape index (κ3) is 3.68. The molecule has 1 rings (SSSR count). The fraction of sp³-hybridized carbons (Fsp3) is 0.273. The maximum Gasteiger partial charge on any atom is 0.305 e. The maximum atomic E-state index is 12.6. The molecule has 0 heterocycles. The zero-order chi connectivity index (χ0) is 12.1. The van der Waals surface area contributed by atoms with Crippen molar-refractivity contribution in [2.45, 2.75) is 19.4 Å². The number of hydrogen-bond donors (Lipinski definition) is 2. The van der Waals surface area contributed by atoms with Gasteiger partial charge in [-0.25, -0.2) is 4.39 Å². The average Bonchev–Trinajstić information content (AvgIpc) is 2.16. The van der Waals surface area contributed by atoms with Crippen LogP contribution in [0.5, 0.6) is 0 Å². The monoisotopic (exact) mass is 225 g/mol. The van der Waals surface area contributed by atoms with E-state index in [1.54, 1.807) is 6.92 Å². The molecule has 0 bridgehead atoms. The zero-order valence-electron chi connectivity index (χ0n) is 8.74. The van der Waals surface area contributed by atoms with Gasteiger partial charge in [-0.2, -0.15) is 0 Å². The molecule has 0 spiro atoms. The zero-order valence-corrected chi connectivity index (χ0v) is 8.74. The topological polar surface area (TPSA) is 66.4 Å². The highest BCUT2D eigenvalue weighted by molar-refractivity contribution is 5.94. The molecule has 0 saturated heterocycles. The van der Waals surface area contributed by atoms with Gasteiger partial charge >= 0.3 is 5.97 Å². The summed E-state index contributed by atoms with van der Waals surface area (Å²) in [6, 6.07) is 4.58. The molecule has 0 fully saturated rings. The number of benzene rings is 1. The molecular formula is C11H12FNO3. The normalized spacial score (nSPS) is 11.9. The molecule has 1 aromatic rings. The van der Waals surface area contributed by atoms with Gasteiger partial charge in [-0.05, 0) is 31.2 Å². The second kappa shape index (κ2) is 5.25. The largest absolute Gasteiger partial charge is 0.481 e. The van der Waals surface area contributed by atoms with Crippen LogP contribution in [0.25, 0.3) is 0 Å². The molecule has 0 aliphatic carbocycles. The lowest BCUT2D eigenvalue weighted by atomic mass is 10.2. The number of carbonyl (C=O) groups is 2. The van der Waals surface area contributed by atoms with Gasteiger partial charge in [0.1, 0.15) is 5.82 Å². The summed E-state index contributed by atoms with van der Waals surface area (Å²) in [7, 11) is 0. The fourth-order valence-corrected chi connectivity index (χ4v) is 1.22. The third-order valence-corrected chi connectivity index (χ3v) is 1.96. The van der Waals surface area contributed by atoms with E-state index in [1.165, 1.54) is 24.3 Å². The number of aliphatic carboxylic acids is 1. The van der Waals surface area contributed by atoms with Crippen LogP contribution in [-0.4, -0.2) is 23.0 Å². The molecule has 0 aliphatic heterocycles. The summed E-state index contributed by atoms with van der Waals surface area (Å²) >= 11 is 0. The molecule has 1 atom stereocenters. The standard InChI is InChI=1S/C11H12FNO3/c1-7(6-10(14)15)13-11(16)8-2-4-9(12)5-3-8/h2-5,7H,6H2,1H3,(H,13,16)(H,14,15). The Hall–Kier alpha value is -1.91. The number of carbonyl (C=O) groups excluding carboxylic acids is 1. The van der Waals surface area contributed by atoms with Crippen molar-refractivity contribution in [3.8, 4) is 0 Å².